The van der Waals surface area contributed by atoms with E-state index in [9.17, 15) is 13.6 Å². The van der Waals surface area contributed by atoms with Gasteiger partial charge in [-0.05, 0) is 43.2 Å². The first-order valence-electron chi connectivity index (χ1n) is 7.58. The molecule has 0 unspecified atom stereocenters. The highest BCUT2D eigenvalue weighted by atomic mass is 19.3. The largest absolute Gasteiger partial charge is 0.494 e. The second kappa shape index (κ2) is 8.86. The number of para-hydroxylation sites is 2. The van der Waals surface area contributed by atoms with Crippen LogP contribution in [0, 0.1) is 6.92 Å². The third-order valence-corrected chi connectivity index (χ3v) is 3.18. The lowest BCUT2D eigenvalue weighted by atomic mass is 10.2. The maximum atomic E-state index is 12.3. The van der Waals surface area contributed by atoms with Gasteiger partial charge in [-0.1, -0.05) is 24.3 Å². The molecule has 2 rings (SSSR count). The van der Waals surface area contributed by atoms with Crippen LogP contribution in [-0.2, 0) is 4.79 Å². The summed E-state index contributed by atoms with van der Waals surface area (Å²) < 4.78 is 34.6. The minimum Gasteiger partial charge on any atom is -0.494 e. The van der Waals surface area contributed by atoms with Crippen molar-refractivity contribution in [3.8, 4) is 11.5 Å². The molecule has 0 aliphatic carbocycles. The van der Waals surface area contributed by atoms with Crippen molar-refractivity contribution in [1.82, 2.24) is 0 Å². The summed E-state index contributed by atoms with van der Waals surface area (Å²) >= 11 is 0. The van der Waals surface area contributed by atoms with E-state index in [1.54, 1.807) is 12.1 Å². The van der Waals surface area contributed by atoms with Crippen LogP contribution in [0.4, 0.5) is 14.5 Å². The number of aryl methyl sites for hydroxylation is 1. The van der Waals surface area contributed by atoms with E-state index >= 15 is 0 Å². The maximum Gasteiger partial charge on any atom is 0.387 e. The number of hydrogen-bond acceptors (Lipinski definition) is 3. The van der Waals surface area contributed by atoms with Crippen molar-refractivity contribution in [3.63, 3.8) is 0 Å². The van der Waals surface area contributed by atoms with Gasteiger partial charge in [-0.2, -0.15) is 8.78 Å². The molecule has 0 radical (unpaired) electrons. The molecule has 1 amide bonds. The third kappa shape index (κ3) is 5.87. The van der Waals surface area contributed by atoms with Gasteiger partial charge in [0.2, 0.25) is 5.91 Å². The molecule has 0 saturated heterocycles. The highest BCUT2D eigenvalue weighted by Crippen LogP contribution is 2.25. The van der Waals surface area contributed by atoms with Crippen LogP contribution in [0.3, 0.4) is 0 Å². The van der Waals surface area contributed by atoms with Gasteiger partial charge in [-0.25, -0.2) is 0 Å². The minimum absolute atomic E-state index is 0.0585. The second-order valence-corrected chi connectivity index (χ2v) is 5.19. The topological polar surface area (TPSA) is 47.6 Å². The molecule has 0 fully saturated rings. The first-order valence-corrected chi connectivity index (χ1v) is 7.58. The number of anilines is 1. The van der Waals surface area contributed by atoms with Crippen LogP contribution < -0.4 is 14.8 Å². The first kappa shape index (κ1) is 17.7. The Morgan fingerprint density at radius 2 is 1.96 bits per heavy atom. The van der Waals surface area contributed by atoms with E-state index in [0.717, 1.165) is 11.3 Å². The van der Waals surface area contributed by atoms with Crippen molar-refractivity contribution < 1.29 is 23.0 Å². The number of carbonyl (C=O) groups is 1. The van der Waals surface area contributed by atoms with Gasteiger partial charge in [0.25, 0.3) is 0 Å². The van der Waals surface area contributed by atoms with Crippen molar-refractivity contribution in [2.24, 2.45) is 0 Å². The molecule has 6 heteroatoms. The zero-order valence-electron chi connectivity index (χ0n) is 13.3. The van der Waals surface area contributed by atoms with E-state index in [2.05, 4.69) is 10.1 Å². The summed E-state index contributed by atoms with van der Waals surface area (Å²) in [5.74, 6) is 0.413. The number of alkyl halides is 2. The lowest BCUT2D eigenvalue weighted by molar-refractivity contribution is -0.116. The molecule has 0 spiro atoms. The van der Waals surface area contributed by atoms with Crippen LogP contribution in [0.1, 0.15) is 18.4 Å². The van der Waals surface area contributed by atoms with Crippen LogP contribution >= 0.6 is 0 Å². The van der Waals surface area contributed by atoms with Crippen molar-refractivity contribution in [1.29, 1.82) is 0 Å². The summed E-state index contributed by atoms with van der Waals surface area (Å²) in [5, 5.41) is 2.57. The molecule has 0 heterocycles. The molecule has 2 aromatic carbocycles. The maximum absolute atomic E-state index is 12.3. The average Bonchev–Trinajstić information content (AvgIpc) is 2.53. The number of halogens is 2. The van der Waals surface area contributed by atoms with Crippen LogP contribution in [-0.4, -0.2) is 19.1 Å². The van der Waals surface area contributed by atoms with Crippen molar-refractivity contribution in [2.75, 3.05) is 11.9 Å². The fourth-order valence-corrected chi connectivity index (χ4v) is 2.11. The molecule has 0 aliphatic heterocycles. The van der Waals surface area contributed by atoms with Crippen LogP contribution in [0.25, 0.3) is 0 Å². The van der Waals surface area contributed by atoms with Crippen molar-refractivity contribution in [2.45, 2.75) is 26.4 Å². The van der Waals surface area contributed by atoms with Gasteiger partial charge < -0.3 is 14.8 Å². The van der Waals surface area contributed by atoms with Gasteiger partial charge in [0, 0.05) is 6.42 Å². The number of benzene rings is 2. The molecule has 4 nitrogen and oxygen atoms in total. The Labute approximate surface area is 139 Å². The normalized spacial score (nSPS) is 10.5. The molecule has 24 heavy (non-hydrogen) atoms. The SMILES string of the molecule is Cc1cccc(OCCCC(=O)Nc2ccccc2OC(F)F)c1. The van der Waals surface area contributed by atoms with E-state index in [0.29, 0.717) is 13.0 Å². The molecule has 0 atom stereocenters. The number of amides is 1. The highest BCUT2D eigenvalue weighted by Gasteiger charge is 2.11. The summed E-state index contributed by atoms with van der Waals surface area (Å²) in [5.41, 5.74) is 1.32. The summed E-state index contributed by atoms with van der Waals surface area (Å²) in [4.78, 5) is 11.9. The monoisotopic (exact) mass is 335 g/mol. The quantitative estimate of drug-likeness (QED) is 0.728. The lowest BCUT2D eigenvalue weighted by Gasteiger charge is -2.11. The molecule has 2 aromatic rings. The Kier molecular flexibility index (Phi) is 6.54. The first-order chi connectivity index (χ1) is 11.5. The van der Waals surface area contributed by atoms with Crippen molar-refractivity contribution in [3.05, 3.63) is 54.1 Å². The predicted molar refractivity (Wildman–Crippen MR) is 87.6 cm³/mol. The fraction of sp³-hybridized carbons (Fsp3) is 0.278. The molecule has 1 N–H and O–H groups in total. The number of hydrogen-bond donors (Lipinski definition) is 1. The van der Waals surface area contributed by atoms with Gasteiger partial charge >= 0.3 is 6.61 Å². The zero-order chi connectivity index (χ0) is 17.4. The molecule has 0 aliphatic rings. The molecule has 0 saturated carbocycles. The fourth-order valence-electron chi connectivity index (χ4n) is 2.11. The Hall–Kier alpha value is -2.63. The molecular weight excluding hydrogens is 316 g/mol. The van der Waals surface area contributed by atoms with Crippen molar-refractivity contribution >= 4 is 11.6 Å². The zero-order valence-corrected chi connectivity index (χ0v) is 13.3. The molecule has 128 valence electrons. The molecular formula is C18H19F2NO3. The standard InChI is InChI=1S/C18H19F2NO3/c1-13-6-4-7-14(12-13)23-11-5-10-17(22)21-15-8-2-3-9-16(15)24-18(19)20/h2-4,6-9,12,18H,5,10-11H2,1H3,(H,21,22). The minimum atomic E-state index is -2.94. The Morgan fingerprint density at radius 3 is 2.71 bits per heavy atom. The second-order valence-electron chi connectivity index (χ2n) is 5.19. The smallest absolute Gasteiger partial charge is 0.387 e. The van der Waals surface area contributed by atoms with E-state index in [1.165, 1.54) is 12.1 Å². The Bertz CT molecular complexity index is 677. The van der Waals surface area contributed by atoms with Crippen LogP contribution in [0.5, 0.6) is 11.5 Å². The molecule has 0 aromatic heterocycles. The van der Waals surface area contributed by atoms with Crippen LogP contribution in [0.15, 0.2) is 48.5 Å². The number of carbonyl (C=O) groups excluding carboxylic acids is 1. The number of ether oxygens (including phenoxy) is 2. The average molecular weight is 335 g/mol. The molecule has 0 bridgehead atoms. The van der Waals surface area contributed by atoms with Crippen LogP contribution in [0.2, 0.25) is 0 Å². The van der Waals surface area contributed by atoms with Gasteiger partial charge in [-0.3, -0.25) is 4.79 Å². The lowest BCUT2D eigenvalue weighted by Crippen LogP contribution is -2.14. The van der Waals surface area contributed by atoms with Gasteiger partial charge in [0.15, 0.2) is 0 Å². The Balaban J connectivity index is 1.77. The van der Waals surface area contributed by atoms with E-state index < -0.39 is 6.61 Å². The van der Waals surface area contributed by atoms with Gasteiger partial charge in [0.1, 0.15) is 11.5 Å². The van der Waals surface area contributed by atoms with Gasteiger partial charge in [-0.15, -0.1) is 0 Å². The highest BCUT2D eigenvalue weighted by molar-refractivity contribution is 5.92. The van der Waals surface area contributed by atoms with E-state index in [1.807, 2.05) is 31.2 Å². The number of rotatable bonds is 8. The summed E-state index contributed by atoms with van der Waals surface area (Å²) in [7, 11) is 0. The summed E-state index contributed by atoms with van der Waals surface area (Å²) in [6, 6.07) is 13.7. The third-order valence-electron chi connectivity index (χ3n) is 3.18. The van der Waals surface area contributed by atoms with Gasteiger partial charge in [0.05, 0.1) is 12.3 Å². The summed E-state index contributed by atoms with van der Waals surface area (Å²) in [6.07, 6.45) is 0.729. The number of nitrogens with one attached hydrogen (secondary N) is 1. The predicted octanol–water partition coefficient (Wildman–Crippen LogP) is 4.39. The van der Waals surface area contributed by atoms with E-state index in [-0.39, 0.29) is 23.8 Å². The summed E-state index contributed by atoms with van der Waals surface area (Å²) in [6.45, 7) is -0.573. The Morgan fingerprint density at radius 1 is 1.17 bits per heavy atom. The van der Waals surface area contributed by atoms with E-state index in [4.69, 9.17) is 4.74 Å².